The minimum absolute atomic E-state index is 0.0834. The van der Waals surface area contributed by atoms with Crippen LogP contribution in [0.15, 0.2) is 83.8 Å². The van der Waals surface area contributed by atoms with E-state index in [4.69, 9.17) is 0 Å². The minimum atomic E-state index is -3.45. The molecule has 2 aliphatic heterocycles. The molecule has 0 radical (unpaired) electrons. The van der Waals surface area contributed by atoms with E-state index in [0.29, 0.717) is 43.2 Å². The normalized spacial score (nSPS) is 17.8. The number of carbonyl (C=O) groups excluding carboxylic acids is 1. The number of amides is 1. The smallest absolute Gasteiger partial charge is 0.251 e. The van der Waals surface area contributed by atoms with Gasteiger partial charge in [0, 0.05) is 51.4 Å². The Kier molecular flexibility index (Phi) is 9.65. The molecule has 3 aromatic carbocycles. The van der Waals surface area contributed by atoms with Crippen molar-refractivity contribution in [3.8, 4) is 0 Å². The standard InChI is InChI=1S/C32H40N4O3S/c37-32(33-24-27-10-12-28(13-11-27)25-34-18-6-1-2-7-19-34)30-16-14-29(15-17-30)26-35-20-22-36(23-21-35)40(38,39)31-8-4-3-5-9-31/h3-5,8-17H,1-2,6-7,18-26H2,(H,33,37). The summed E-state index contributed by atoms with van der Waals surface area (Å²) in [6, 6.07) is 24.9. The largest absolute Gasteiger partial charge is 0.348 e. The Morgan fingerprint density at radius 2 is 1.15 bits per heavy atom. The van der Waals surface area contributed by atoms with Crippen molar-refractivity contribution in [2.24, 2.45) is 0 Å². The van der Waals surface area contributed by atoms with Gasteiger partial charge < -0.3 is 5.32 Å². The van der Waals surface area contributed by atoms with Gasteiger partial charge in [-0.05, 0) is 66.9 Å². The summed E-state index contributed by atoms with van der Waals surface area (Å²) in [5.41, 5.74) is 4.17. The van der Waals surface area contributed by atoms with Gasteiger partial charge in [-0.15, -0.1) is 0 Å². The molecule has 0 spiro atoms. The van der Waals surface area contributed by atoms with Gasteiger partial charge in [-0.1, -0.05) is 67.4 Å². The summed E-state index contributed by atoms with van der Waals surface area (Å²) >= 11 is 0. The topological polar surface area (TPSA) is 73.0 Å². The van der Waals surface area contributed by atoms with E-state index in [-0.39, 0.29) is 5.91 Å². The first kappa shape index (κ1) is 28.5. The van der Waals surface area contributed by atoms with Gasteiger partial charge in [0.1, 0.15) is 0 Å². The van der Waals surface area contributed by atoms with Crippen molar-refractivity contribution in [1.29, 1.82) is 0 Å². The third-order valence-corrected chi connectivity index (χ3v) is 9.83. The monoisotopic (exact) mass is 560 g/mol. The molecule has 0 atom stereocenters. The van der Waals surface area contributed by atoms with Gasteiger partial charge in [0.15, 0.2) is 0 Å². The first-order valence-corrected chi connectivity index (χ1v) is 15.9. The third-order valence-electron chi connectivity index (χ3n) is 7.92. The highest BCUT2D eigenvalue weighted by Gasteiger charge is 2.28. The lowest BCUT2D eigenvalue weighted by molar-refractivity contribution is 0.0951. The number of piperazine rings is 1. The summed E-state index contributed by atoms with van der Waals surface area (Å²) in [6.45, 7) is 6.88. The van der Waals surface area contributed by atoms with Crippen LogP contribution in [0.2, 0.25) is 0 Å². The number of hydrogen-bond donors (Lipinski definition) is 1. The van der Waals surface area contributed by atoms with Crippen LogP contribution in [0.3, 0.4) is 0 Å². The molecule has 1 amide bonds. The number of hydrogen-bond acceptors (Lipinski definition) is 5. The van der Waals surface area contributed by atoms with Crippen LogP contribution in [-0.2, 0) is 29.7 Å². The van der Waals surface area contributed by atoms with Gasteiger partial charge in [-0.3, -0.25) is 14.6 Å². The van der Waals surface area contributed by atoms with Crippen molar-refractivity contribution in [2.75, 3.05) is 39.3 Å². The molecular formula is C32H40N4O3S. The van der Waals surface area contributed by atoms with Crippen molar-refractivity contribution in [2.45, 2.75) is 50.2 Å². The molecule has 2 fully saturated rings. The second-order valence-corrected chi connectivity index (χ2v) is 12.8. The fraction of sp³-hybridized carbons (Fsp3) is 0.406. The fourth-order valence-corrected chi connectivity index (χ4v) is 6.93. The lowest BCUT2D eigenvalue weighted by Crippen LogP contribution is -2.48. The Morgan fingerprint density at radius 1 is 0.625 bits per heavy atom. The van der Waals surface area contributed by atoms with Gasteiger partial charge in [-0.25, -0.2) is 8.42 Å². The molecule has 2 aliphatic rings. The highest BCUT2D eigenvalue weighted by Crippen LogP contribution is 2.19. The number of rotatable bonds is 9. The number of nitrogens with zero attached hydrogens (tertiary/aromatic N) is 3. The first-order chi connectivity index (χ1) is 19.5. The zero-order valence-electron chi connectivity index (χ0n) is 23.2. The Bertz CT molecular complexity index is 1330. The first-order valence-electron chi connectivity index (χ1n) is 14.4. The number of nitrogens with one attached hydrogen (secondary N) is 1. The van der Waals surface area contributed by atoms with Crippen molar-refractivity contribution in [3.05, 3.63) is 101 Å². The van der Waals surface area contributed by atoms with Crippen LogP contribution in [0.4, 0.5) is 0 Å². The molecule has 2 heterocycles. The van der Waals surface area contributed by atoms with E-state index in [9.17, 15) is 13.2 Å². The lowest BCUT2D eigenvalue weighted by Gasteiger charge is -2.34. The predicted molar refractivity (Wildman–Crippen MR) is 158 cm³/mol. The van der Waals surface area contributed by atoms with Gasteiger partial charge in [0.2, 0.25) is 10.0 Å². The molecule has 0 aromatic heterocycles. The molecule has 5 rings (SSSR count). The second kappa shape index (κ2) is 13.5. The zero-order chi connectivity index (χ0) is 27.8. The van der Waals surface area contributed by atoms with E-state index in [1.165, 1.54) is 44.3 Å². The second-order valence-electron chi connectivity index (χ2n) is 10.9. The van der Waals surface area contributed by atoms with E-state index >= 15 is 0 Å². The SMILES string of the molecule is O=C(NCc1ccc(CN2CCCCCC2)cc1)c1ccc(CN2CCN(S(=O)(=O)c3ccccc3)CC2)cc1. The molecule has 8 heteroatoms. The summed E-state index contributed by atoms with van der Waals surface area (Å²) in [6.07, 6.45) is 5.28. The number of carbonyl (C=O) groups is 1. The highest BCUT2D eigenvalue weighted by atomic mass is 32.2. The Morgan fingerprint density at radius 3 is 1.75 bits per heavy atom. The number of likely N-dealkylation sites (tertiary alicyclic amines) is 1. The molecule has 2 saturated heterocycles. The summed E-state index contributed by atoms with van der Waals surface area (Å²) in [5, 5.41) is 3.04. The summed E-state index contributed by atoms with van der Waals surface area (Å²) in [5.74, 6) is -0.0834. The Hall–Kier alpha value is -3.04. The molecule has 1 N–H and O–H groups in total. The lowest BCUT2D eigenvalue weighted by atomic mass is 10.1. The molecule has 3 aromatic rings. The van der Waals surface area contributed by atoms with Crippen molar-refractivity contribution in [1.82, 2.24) is 19.4 Å². The van der Waals surface area contributed by atoms with Gasteiger partial charge in [0.05, 0.1) is 4.90 Å². The summed E-state index contributed by atoms with van der Waals surface area (Å²) in [7, 11) is -3.45. The average molecular weight is 561 g/mol. The van der Waals surface area contributed by atoms with E-state index in [0.717, 1.165) is 24.2 Å². The van der Waals surface area contributed by atoms with Crippen LogP contribution in [0.1, 0.15) is 52.7 Å². The maximum Gasteiger partial charge on any atom is 0.251 e. The van der Waals surface area contributed by atoms with E-state index in [1.807, 2.05) is 30.3 Å². The Labute approximate surface area is 238 Å². The fourth-order valence-electron chi connectivity index (χ4n) is 5.49. The number of benzene rings is 3. The van der Waals surface area contributed by atoms with E-state index < -0.39 is 10.0 Å². The molecule has 0 bridgehead atoms. The van der Waals surface area contributed by atoms with Crippen molar-refractivity contribution in [3.63, 3.8) is 0 Å². The quantitative estimate of drug-likeness (QED) is 0.417. The summed E-state index contributed by atoms with van der Waals surface area (Å²) < 4.78 is 27.3. The molecular weight excluding hydrogens is 520 g/mol. The van der Waals surface area contributed by atoms with Crippen LogP contribution >= 0.6 is 0 Å². The maximum atomic E-state index is 12.9. The molecule has 40 heavy (non-hydrogen) atoms. The third kappa shape index (κ3) is 7.57. The molecule has 0 unspecified atom stereocenters. The van der Waals surface area contributed by atoms with Crippen molar-refractivity contribution >= 4 is 15.9 Å². The highest BCUT2D eigenvalue weighted by molar-refractivity contribution is 7.89. The average Bonchev–Trinajstić information content (AvgIpc) is 3.26. The van der Waals surface area contributed by atoms with Crippen molar-refractivity contribution < 1.29 is 13.2 Å². The van der Waals surface area contributed by atoms with E-state index in [2.05, 4.69) is 39.4 Å². The molecule has 0 saturated carbocycles. The molecule has 212 valence electrons. The van der Waals surface area contributed by atoms with Crippen LogP contribution in [-0.4, -0.2) is 67.7 Å². The van der Waals surface area contributed by atoms with Gasteiger partial charge >= 0.3 is 0 Å². The predicted octanol–water partition coefficient (Wildman–Crippen LogP) is 4.50. The summed E-state index contributed by atoms with van der Waals surface area (Å²) in [4.78, 5) is 17.9. The molecule has 0 aliphatic carbocycles. The van der Waals surface area contributed by atoms with Crippen LogP contribution in [0.25, 0.3) is 0 Å². The van der Waals surface area contributed by atoms with Crippen LogP contribution in [0.5, 0.6) is 0 Å². The number of sulfonamides is 1. The minimum Gasteiger partial charge on any atom is -0.348 e. The molecule has 7 nitrogen and oxygen atoms in total. The van der Waals surface area contributed by atoms with Crippen LogP contribution < -0.4 is 5.32 Å². The van der Waals surface area contributed by atoms with Gasteiger partial charge in [0.25, 0.3) is 5.91 Å². The Balaban J connectivity index is 1.06. The zero-order valence-corrected chi connectivity index (χ0v) is 24.0. The van der Waals surface area contributed by atoms with Crippen LogP contribution in [0, 0.1) is 0 Å². The van der Waals surface area contributed by atoms with E-state index in [1.54, 1.807) is 28.6 Å². The van der Waals surface area contributed by atoms with Gasteiger partial charge in [-0.2, -0.15) is 4.31 Å². The maximum absolute atomic E-state index is 12.9.